The van der Waals surface area contributed by atoms with E-state index >= 15 is 0 Å². The molecule has 4 aromatic rings. The number of hydrogen-bond acceptors (Lipinski definition) is 12. The van der Waals surface area contributed by atoms with Crippen molar-refractivity contribution in [2.45, 2.75) is 25.7 Å². The lowest BCUT2D eigenvalue weighted by molar-refractivity contribution is 0.119. The van der Waals surface area contributed by atoms with E-state index in [0.717, 1.165) is 22.3 Å². The first-order valence-electron chi connectivity index (χ1n) is 16.9. The SMILES string of the molecule is COc1cc(C[C@@H](CO)[C@H](CO)Cc2ccc(O)c(OC)c2)ccc1O.COc1cc(C[C@@H](CO)[C@H](CO)Cc2ccc(O)c(OC)c2)ccc1O. The summed E-state index contributed by atoms with van der Waals surface area (Å²) in [6.07, 6.45) is 2.14. The molecule has 4 atom stereocenters. The zero-order chi connectivity index (χ0) is 38.2. The number of phenolic OH excluding ortho intramolecular Hbond substituents is 4. The van der Waals surface area contributed by atoms with Gasteiger partial charge >= 0.3 is 0 Å². The summed E-state index contributed by atoms with van der Waals surface area (Å²) in [6.45, 7) is -0.319. The van der Waals surface area contributed by atoms with Crippen molar-refractivity contribution >= 4 is 0 Å². The first kappa shape index (κ1) is 41.5. The van der Waals surface area contributed by atoms with Crippen LogP contribution in [-0.4, -0.2) is 95.7 Å². The van der Waals surface area contributed by atoms with Crippen molar-refractivity contribution in [2.24, 2.45) is 23.7 Å². The van der Waals surface area contributed by atoms with Gasteiger partial charge < -0.3 is 59.8 Å². The molecule has 0 spiro atoms. The quantitative estimate of drug-likeness (QED) is 0.0728. The lowest BCUT2D eigenvalue weighted by Crippen LogP contribution is -2.26. The van der Waals surface area contributed by atoms with Crippen molar-refractivity contribution in [1.82, 2.24) is 0 Å². The Morgan fingerprint density at radius 3 is 0.712 bits per heavy atom. The monoisotopic (exact) mass is 724 g/mol. The Balaban J connectivity index is 0.000000280. The molecule has 12 heteroatoms. The molecule has 0 radical (unpaired) electrons. The maximum absolute atomic E-state index is 9.84. The maximum Gasteiger partial charge on any atom is 0.160 e. The highest BCUT2D eigenvalue weighted by Gasteiger charge is 2.24. The van der Waals surface area contributed by atoms with Gasteiger partial charge in [-0.3, -0.25) is 0 Å². The smallest absolute Gasteiger partial charge is 0.160 e. The summed E-state index contributed by atoms with van der Waals surface area (Å²) >= 11 is 0. The molecule has 0 saturated heterocycles. The number of methoxy groups -OCH3 is 4. The highest BCUT2D eigenvalue weighted by Crippen LogP contribution is 2.33. The lowest BCUT2D eigenvalue weighted by Gasteiger charge is -2.24. The molecule has 284 valence electrons. The molecular formula is C40H52O12. The second kappa shape index (κ2) is 20.8. The Morgan fingerprint density at radius 2 is 0.558 bits per heavy atom. The van der Waals surface area contributed by atoms with E-state index in [1.165, 1.54) is 28.4 Å². The van der Waals surface area contributed by atoms with Gasteiger partial charge in [0, 0.05) is 26.4 Å². The zero-order valence-electron chi connectivity index (χ0n) is 30.1. The van der Waals surface area contributed by atoms with Gasteiger partial charge in [0.2, 0.25) is 0 Å². The number of phenols is 4. The van der Waals surface area contributed by atoms with Gasteiger partial charge in [-0.1, -0.05) is 24.3 Å². The molecule has 0 bridgehead atoms. The fraction of sp³-hybridized carbons (Fsp3) is 0.400. The summed E-state index contributed by atoms with van der Waals surface area (Å²) < 4.78 is 20.5. The molecule has 4 rings (SSSR count). The molecule has 0 aliphatic heterocycles. The zero-order valence-corrected chi connectivity index (χ0v) is 30.1. The summed E-state index contributed by atoms with van der Waals surface area (Å²) in [5.74, 6) is 1.07. The summed E-state index contributed by atoms with van der Waals surface area (Å²) in [5.41, 5.74) is 3.61. The fourth-order valence-corrected chi connectivity index (χ4v) is 6.13. The number of ether oxygens (including phenoxy) is 4. The van der Waals surface area contributed by atoms with Crippen LogP contribution in [0.15, 0.2) is 72.8 Å². The van der Waals surface area contributed by atoms with Crippen LogP contribution in [0.3, 0.4) is 0 Å². The molecule has 0 unspecified atom stereocenters. The number of benzene rings is 4. The van der Waals surface area contributed by atoms with Crippen LogP contribution in [0.25, 0.3) is 0 Å². The van der Waals surface area contributed by atoms with Crippen molar-refractivity contribution in [2.75, 3.05) is 54.9 Å². The Kier molecular flexibility index (Phi) is 16.6. The molecular weight excluding hydrogens is 672 g/mol. The first-order chi connectivity index (χ1) is 25.0. The van der Waals surface area contributed by atoms with E-state index in [4.69, 9.17) is 18.9 Å². The summed E-state index contributed by atoms with van der Waals surface area (Å²) in [4.78, 5) is 0. The van der Waals surface area contributed by atoms with E-state index in [0.29, 0.717) is 48.7 Å². The summed E-state index contributed by atoms with van der Waals surface area (Å²) in [6, 6.07) is 20.3. The molecule has 12 nitrogen and oxygen atoms in total. The number of aliphatic hydroxyl groups is 4. The average Bonchev–Trinajstić information content (AvgIpc) is 3.16. The van der Waals surface area contributed by atoms with Crippen molar-refractivity contribution in [3.63, 3.8) is 0 Å². The number of aromatic hydroxyl groups is 4. The number of hydrogen-bond donors (Lipinski definition) is 8. The molecule has 0 aliphatic rings. The molecule has 8 N–H and O–H groups in total. The third-order valence-electron chi connectivity index (χ3n) is 9.24. The van der Waals surface area contributed by atoms with Crippen LogP contribution in [0, 0.1) is 23.7 Å². The Morgan fingerprint density at radius 1 is 0.365 bits per heavy atom. The lowest BCUT2D eigenvalue weighted by atomic mass is 9.83. The molecule has 52 heavy (non-hydrogen) atoms. The Hall–Kier alpha value is -4.88. The third kappa shape index (κ3) is 11.6. The predicted octanol–water partition coefficient (Wildman–Crippen LogP) is 4.23. The van der Waals surface area contributed by atoms with E-state index in [1.54, 1.807) is 72.8 Å². The van der Waals surface area contributed by atoms with E-state index < -0.39 is 0 Å². The van der Waals surface area contributed by atoms with E-state index in [2.05, 4.69) is 0 Å². The van der Waals surface area contributed by atoms with E-state index in [1.807, 2.05) is 0 Å². The molecule has 0 fully saturated rings. The van der Waals surface area contributed by atoms with E-state index in [-0.39, 0.29) is 73.1 Å². The largest absolute Gasteiger partial charge is 0.504 e. The minimum absolute atomic E-state index is 0.0618. The van der Waals surface area contributed by atoms with Gasteiger partial charge in [-0.2, -0.15) is 0 Å². The highest BCUT2D eigenvalue weighted by atomic mass is 16.5. The standard InChI is InChI=1S/2C20H26O6/c2*1-25-19-9-13(3-5-17(19)23)7-15(11-21)16(12-22)8-14-4-6-18(24)20(10-14)26-2/h2*3-6,9-10,15-16,21-24H,7-8,11-12H2,1-2H3/t2*15-,16-/m00/s1. The van der Waals surface area contributed by atoms with Gasteiger partial charge in [-0.05, 0) is 120 Å². The summed E-state index contributed by atoms with van der Waals surface area (Å²) in [5, 5.41) is 78.2. The van der Waals surface area contributed by atoms with Gasteiger partial charge in [-0.25, -0.2) is 0 Å². The molecule has 0 heterocycles. The van der Waals surface area contributed by atoms with E-state index in [9.17, 15) is 40.9 Å². The normalized spacial score (nSPS) is 13.2. The van der Waals surface area contributed by atoms with Crippen LogP contribution in [0.1, 0.15) is 22.3 Å². The molecule has 0 saturated carbocycles. The van der Waals surface area contributed by atoms with Crippen molar-refractivity contribution in [3.8, 4) is 46.0 Å². The second-order valence-electron chi connectivity index (χ2n) is 12.6. The van der Waals surface area contributed by atoms with Gasteiger partial charge in [0.25, 0.3) is 0 Å². The molecule has 0 aliphatic carbocycles. The average molecular weight is 725 g/mol. The third-order valence-corrected chi connectivity index (χ3v) is 9.24. The first-order valence-corrected chi connectivity index (χ1v) is 16.9. The Bertz CT molecular complexity index is 1430. The minimum Gasteiger partial charge on any atom is -0.504 e. The van der Waals surface area contributed by atoms with Crippen LogP contribution in [0.5, 0.6) is 46.0 Å². The summed E-state index contributed by atoms with van der Waals surface area (Å²) in [7, 11) is 5.93. The van der Waals surface area contributed by atoms with Crippen LogP contribution in [0.4, 0.5) is 0 Å². The van der Waals surface area contributed by atoms with Crippen molar-refractivity contribution in [1.29, 1.82) is 0 Å². The number of aliphatic hydroxyl groups excluding tert-OH is 4. The predicted molar refractivity (Wildman–Crippen MR) is 196 cm³/mol. The number of rotatable bonds is 18. The van der Waals surface area contributed by atoms with Gasteiger partial charge in [-0.15, -0.1) is 0 Å². The van der Waals surface area contributed by atoms with Crippen LogP contribution in [-0.2, 0) is 25.7 Å². The van der Waals surface area contributed by atoms with Crippen LogP contribution >= 0.6 is 0 Å². The minimum atomic E-state index is -0.172. The molecule has 0 aromatic heterocycles. The fourth-order valence-electron chi connectivity index (χ4n) is 6.13. The molecule has 0 amide bonds. The topological polar surface area (TPSA) is 199 Å². The van der Waals surface area contributed by atoms with Gasteiger partial charge in [0.15, 0.2) is 46.0 Å². The van der Waals surface area contributed by atoms with Gasteiger partial charge in [0.05, 0.1) is 28.4 Å². The van der Waals surface area contributed by atoms with Crippen molar-refractivity contribution < 1.29 is 59.8 Å². The highest BCUT2D eigenvalue weighted by molar-refractivity contribution is 5.44. The second-order valence-corrected chi connectivity index (χ2v) is 12.6. The van der Waals surface area contributed by atoms with Gasteiger partial charge in [0.1, 0.15) is 0 Å². The maximum atomic E-state index is 9.84. The van der Waals surface area contributed by atoms with Crippen LogP contribution < -0.4 is 18.9 Å². The Labute approximate surface area is 304 Å². The van der Waals surface area contributed by atoms with Crippen LogP contribution in [0.2, 0.25) is 0 Å². The molecule has 4 aromatic carbocycles. The van der Waals surface area contributed by atoms with Crippen molar-refractivity contribution in [3.05, 3.63) is 95.1 Å².